The fraction of sp³-hybridized carbons (Fsp3) is 0.364. The molecule has 1 aromatic carbocycles. The molecular formula is C22H25N3O3. The van der Waals surface area contributed by atoms with Crippen molar-refractivity contribution in [1.82, 2.24) is 15.2 Å². The van der Waals surface area contributed by atoms with Crippen molar-refractivity contribution in [3.8, 4) is 0 Å². The summed E-state index contributed by atoms with van der Waals surface area (Å²) < 4.78 is 10.8. The quantitative estimate of drug-likeness (QED) is 0.641. The van der Waals surface area contributed by atoms with Gasteiger partial charge in [-0.1, -0.05) is 23.8 Å². The Hall–Kier alpha value is -2.86. The molecule has 1 N–H and O–H groups in total. The minimum absolute atomic E-state index is 0.265. The summed E-state index contributed by atoms with van der Waals surface area (Å²) in [5.41, 5.74) is 4.18. The van der Waals surface area contributed by atoms with E-state index < -0.39 is 0 Å². The Morgan fingerprint density at radius 1 is 1.21 bits per heavy atom. The molecule has 4 rings (SSSR count). The molecule has 2 aromatic heterocycles. The first-order valence-corrected chi connectivity index (χ1v) is 9.63. The second-order valence-corrected chi connectivity index (χ2v) is 7.45. The average molecular weight is 379 g/mol. The van der Waals surface area contributed by atoms with E-state index >= 15 is 0 Å². The smallest absolute Gasteiger partial charge is 0.273 e. The van der Waals surface area contributed by atoms with Crippen molar-refractivity contribution in [2.45, 2.75) is 52.4 Å². The maximum atomic E-state index is 12.3. The van der Waals surface area contributed by atoms with Gasteiger partial charge in [-0.3, -0.25) is 9.69 Å². The van der Waals surface area contributed by atoms with Crippen molar-refractivity contribution in [2.24, 2.45) is 0 Å². The van der Waals surface area contributed by atoms with E-state index in [0.29, 0.717) is 36.5 Å². The highest BCUT2D eigenvalue weighted by Crippen LogP contribution is 2.30. The Morgan fingerprint density at radius 3 is 2.82 bits per heavy atom. The first-order chi connectivity index (χ1) is 13.6. The summed E-state index contributed by atoms with van der Waals surface area (Å²) in [4.78, 5) is 19.0. The fourth-order valence-corrected chi connectivity index (χ4v) is 3.28. The number of hydrogen-bond donors (Lipinski definition) is 1. The molecular weight excluding hydrogens is 354 g/mol. The zero-order valence-corrected chi connectivity index (χ0v) is 16.3. The van der Waals surface area contributed by atoms with E-state index in [0.717, 1.165) is 6.54 Å². The minimum Gasteiger partial charge on any atom is -0.467 e. The van der Waals surface area contributed by atoms with Crippen LogP contribution in [0, 0.1) is 13.8 Å². The molecule has 6 nitrogen and oxygen atoms in total. The maximum absolute atomic E-state index is 12.3. The molecule has 0 spiro atoms. The Bertz CT molecular complexity index is 942. The van der Waals surface area contributed by atoms with Crippen molar-refractivity contribution >= 4 is 5.91 Å². The van der Waals surface area contributed by atoms with Crippen LogP contribution in [0.4, 0.5) is 0 Å². The second-order valence-electron chi connectivity index (χ2n) is 7.45. The van der Waals surface area contributed by atoms with Gasteiger partial charge in [0.2, 0.25) is 5.89 Å². The van der Waals surface area contributed by atoms with E-state index in [9.17, 15) is 4.79 Å². The first-order valence-electron chi connectivity index (χ1n) is 9.63. The van der Waals surface area contributed by atoms with Crippen LogP contribution in [0.25, 0.3) is 0 Å². The predicted molar refractivity (Wildman–Crippen MR) is 105 cm³/mol. The van der Waals surface area contributed by atoms with Crippen LogP contribution in [0.1, 0.15) is 51.7 Å². The summed E-state index contributed by atoms with van der Waals surface area (Å²) in [6.07, 6.45) is 5.40. The molecule has 1 aliphatic rings. The number of aryl methyl sites for hydroxylation is 2. The molecule has 0 aliphatic heterocycles. The van der Waals surface area contributed by atoms with Crippen LogP contribution in [0.3, 0.4) is 0 Å². The van der Waals surface area contributed by atoms with E-state index in [1.807, 2.05) is 6.07 Å². The summed E-state index contributed by atoms with van der Waals surface area (Å²) in [5, 5.41) is 2.79. The third-order valence-electron chi connectivity index (χ3n) is 5.07. The van der Waals surface area contributed by atoms with Gasteiger partial charge in [0.25, 0.3) is 5.91 Å². The van der Waals surface area contributed by atoms with Gasteiger partial charge >= 0.3 is 0 Å². The Labute approximate surface area is 164 Å². The molecule has 28 heavy (non-hydrogen) atoms. The molecule has 1 aliphatic carbocycles. The third kappa shape index (κ3) is 4.51. The van der Waals surface area contributed by atoms with Crippen molar-refractivity contribution in [2.75, 3.05) is 0 Å². The Kier molecular flexibility index (Phi) is 5.30. The van der Waals surface area contributed by atoms with Gasteiger partial charge in [-0.2, -0.15) is 0 Å². The molecule has 1 saturated carbocycles. The van der Waals surface area contributed by atoms with Crippen LogP contribution in [0.5, 0.6) is 0 Å². The number of hydrogen-bond acceptors (Lipinski definition) is 5. The number of aromatic nitrogens is 1. The fourth-order valence-electron chi connectivity index (χ4n) is 3.28. The van der Waals surface area contributed by atoms with Crippen LogP contribution in [0.15, 0.2) is 51.7 Å². The number of carbonyl (C=O) groups is 1. The van der Waals surface area contributed by atoms with Gasteiger partial charge in [0, 0.05) is 12.6 Å². The summed E-state index contributed by atoms with van der Waals surface area (Å²) in [6, 6.07) is 10.7. The molecule has 1 amide bonds. The first kappa shape index (κ1) is 18.5. The predicted octanol–water partition coefficient (Wildman–Crippen LogP) is 3.98. The normalized spacial score (nSPS) is 13.8. The molecule has 1 fully saturated rings. The standard InChI is InChI=1S/C22H25N3O3/c1-15-5-6-16(2)17(10-15)12-25(18-7-8-18)13-21-24-20(14-28-21)22(26)23-11-19-4-3-9-27-19/h3-6,9-10,14,18H,7-8,11-13H2,1-2H3,(H,23,26). The van der Waals surface area contributed by atoms with E-state index in [4.69, 9.17) is 8.83 Å². The Balaban J connectivity index is 1.39. The summed E-state index contributed by atoms with van der Waals surface area (Å²) in [5.74, 6) is 1.00. The zero-order valence-electron chi connectivity index (χ0n) is 16.3. The molecule has 0 bridgehead atoms. The molecule has 6 heteroatoms. The van der Waals surface area contributed by atoms with Crippen molar-refractivity contribution < 1.29 is 13.6 Å². The van der Waals surface area contributed by atoms with Crippen LogP contribution >= 0.6 is 0 Å². The largest absolute Gasteiger partial charge is 0.467 e. The van der Waals surface area contributed by atoms with Crippen molar-refractivity contribution in [3.63, 3.8) is 0 Å². The monoisotopic (exact) mass is 379 g/mol. The number of oxazole rings is 1. The van der Waals surface area contributed by atoms with E-state index in [1.54, 1.807) is 12.3 Å². The highest BCUT2D eigenvalue weighted by Gasteiger charge is 2.30. The lowest BCUT2D eigenvalue weighted by atomic mass is 10.1. The van der Waals surface area contributed by atoms with Gasteiger partial charge in [0.05, 0.1) is 19.4 Å². The lowest BCUT2D eigenvalue weighted by Gasteiger charge is -2.21. The lowest BCUT2D eigenvalue weighted by molar-refractivity contribution is 0.0943. The van der Waals surface area contributed by atoms with E-state index in [1.165, 1.54) is 35.8 Å². The van der Waals surface area contributed by atoms with E-state index in [-0.39, 0.29) is 5.91 Å². The van der Waals surface area contributed by atoms with Gasteiger partial charge in [-0.25, -0.2) is 4.98 Å². The Morgan fingerprint density at radius 2 is 2.07 bits per heavy atom. The number of carbonyl (C=O) groups excluding carboxylic acids is 1. The molecule has 2 heterocycles. The van der Waals surface area contributed by atoms with Crippen molar-refractivity contribution in [1.29, 1.82) is 0 Å². The van der Waals surface area contributed by atoms with Crippen LogP contribution in [-0.2, 0) is 19.6 Å². The molecule has 0 unspecified atom stereocenters. The topological polar surface area (TPSA) is 71.5 Å². The van der Waals surface area contributed by atoms with Crippen LogP contribution in [0.2, 0.25) is 0 Å². The zero-order chi connectivity index (χ0) is 19.5. The molecule has 0 atom stereocenters. The van der Waals surface area contributed by atoms with E-state index in [2.05, 4.69) is 47.2 Å². The van der Waals surface area contributed by atoms with Crippen LogP contribution < -0.4 is 5.32 Å². The highest BCUT2D eigenvalue weighted by atomic mass is 16.3. The second kappa shape index (κ2) is 8.02. The van der Waals surface area contributed by atoms with Gasteiger partial charge in [-0.15, -0.1) is 0 Å². The lowest BCUT2D eigenvalue weighted by Crippen LogP contribution is -2.26. The van der Waals surface area contributed by atoms with Crippen LogP contribution in [-0.4, -0.2) is 21.8 Å². The summed E-state index contributed by atoms with van der Waals surface area (Å²) in [6.45, 7) is 6.05. The maximum Gasteiger partial charge on any atom is 0.273 e. The number of benzene rings is 1. The molecule has 0 radical (unpaired) electrons. The average Bonchev–Trinajstić information content (AvgIpc) is 3.20. The number of amides is 1. The van der Waals surface area contributed by atoms with Gasteiger partial charge in [0.15, 0.2) is 5.69 Å². The van der Waals surface area contributed by atoms with Gasteiger partial charge < -0.3 is 14.2 Å². The van der Waals surface area contributed by atoms with Crippen molar-refractivity contribution in [3.05, 3.63) is 76.9 Å². The number of nitrogens with zero attached hydrogens (tertiary/aromatic N) is 2. The SMILES string of the molecule is Cc1ccc(C)c(CN(Cc2nc(C(=O)NCc3ccco3)co2)C2CC2)c1. The third-order valence-corrected chi connectivity index (χ3v) is 5.07. The summed E-state index contributed by atoms with van der Waals surface area (Å²) >= 11 is 0. The number of furan rings is 1. The number of rotatable bonds is 8. The number of nitrogens with one attached hydrogen (secondary N) is 1. The molecule has 0 saturated heterocycles. The highest BCUT2D eigenvalue weighted by molar-refractivity contribution is 5.91. The van der Waals surface area contributed by atoms with Gasteiger partial charge in [-0.05, 0) is 49.9 Å². The minimum atomic E-state index is -0.265. The van der Waals surface area contributed by atoms with Gasteiger partial charge in [0.1, 0.15) is 12.0 Å². The molecule has 146 valence electrons. The summed E-state index contributed by atoms with van der Waals surface area (Å²) in [7, 11) is 0. The molecule has 3 aromatic rings.